The Bertz CT molecular complexity index is 1410. The van der Waals surface area contributed by atoms with Gasteiger partial charge in [-0.3, -0.25) is 9.80 Å². The maximum atomic E-state index is 15.3. The molecule has 2 saturated heterocycles. The molecule has 238 valence electrons. The summed E-state index contributed by atoms with van der Waals surface area (Å²) in [4.78, 5) is 13.3. The summed E-state index contributed by atoms with van der Waals surface area (Å²) in [5.41, 5.74) is 7.49. The first kappa shape index (κ1) is 31.8. The molecule has 3 N–H and O–H groups in total. The number of alkyl halides is 2. The first-order chi connectivity index (χ1) is 20.8. The number of rotatable bonds is 9. The van der Waals surface area contributed by atoms with E-state index in [-0.39, 0.29) is 52.1 Å². The zero-order valence-electron chi connectivity index (χ0n) is 26.1. The quantitative estimate of drug-likeness (QED) is 0.268. The van der Waals surface area contributed by atoms with Crippen molar-refractivity contribution in [2.24, 2.45) is 0 Å². The van der Waals surface area contributed by atoms with Crippen LogP contribution in [0.2, 0.25) is 0 Å². The molecule has 0 unspecified atom stereocenters. The van der Waals surface area contributed by atoms with E-state index in [1.807, 2.05) is 18.2 Å². The molecule has 0 aliphatic carbocycles. The van der Waals surface area contributed by atoms with Crippen molar-refractivity contribution in [2.75, 3.05) is 31.2 Å². The maximum absolute atomic E-state index is 15.3. The van der Waals surface area contributed by atoms with E-state index in [0.29, 0.717) is 18.5 Å². The second-order valence-corrected chi connectivity index (χ2v) is 13.2. The van der Waals surface area contributed by atoms with Crippen LogP contribution >= 0.6 is 0 Å². The van der Waals surface area contributed by atoms with Crippen LogP contribution < -0.4 is 20.5 Å². The molecule has 0 saturated carbocycles. The lowest BCUT2D eigenvalue weighted by atomic mass is 9.73. The number of nitrogens with two attached hydrogens (primary N) is 1. The molecule has 2 fully saturated rings. The van der Waals surface area contributed by atoms with Gasteiger partial charge in [0, 0.05) is 48.4 Å². The Morgan fingerprint density at radius 2 is 1.64 bits per heavy atom. The Hall–Kier alpha value is -3.57. The zero-order chi connectivity index (χ0) is 31.6. The highest BCUT2D eigenvalue weighted by atomic mass is 19.3. The van der Waals surface area contributed by atoms with Gasteiger partial charge in [0.15, 0.2) is 23.1 Å². The molecule has 11 heteroatoms. The largest absolute Gasteiger partial charge is 0.486 e. The molecule has 0 radical (unpaired) electrons. The Labute approximate surface area is 257 Å². The van der Waals surface area contributed by atoms with Crippen LogP contribution in [-0.4, -0.2) is 63.7 Å². The van der Waals surface area contributed by atoms with E-state index in [2.05, 4.69) is 72.0 Å². The maximum Gasteiger partial charge on any atom is 0.387 e. The van der Waals surface area contributed by atoms with Crippen LogP contribution in [0, 0.1) is 5.82 Å². The van der Waals surface area contributed by atoms with Crippen LogP contribution in [0.15, 0.2) is 48.5 Å². The molecule has 5 rings (SSSR count). The van der Waals surface area contributed by atoms with Gasteiger partial charge in [0.25, 0.3) is 0 Å². The zero-order valence-corrected chi connectivity index (χ0v) is 26.1. The predicted octanol–water partition coefficient (Wildman–Crippen LogP) is 6.95. The molecular weight excluding hydrogens is 569 g/mol. The highest BCUT2D eigenvalue weighted by Gasteiger charge is 2.44. The molecule has 8 nitrogen and oxygen atoms in total. The van der Waals surface area contributed by atoms with Gasteiger partial charge in [-0.15, -0.1) is 0 Å². The van der Waals surface area contributed by atoms with Gasteiger partial charge in [-0.05, 0) is 78.1 Å². The van der Waals surface area contributed by atoms with Gasteiger partial charge in [0.1, 0.15) is 6.10 Å². The third-order valence-corrected chi connectivity index (χ3v) is 9.09. The summed E-state index contributed by atoms with van der Waals surface area (Å²) < 4.78 is 53.1. The molecule has 0 amide bonds. The number of likely N-dealkylation sites (tertiary alicyclic amines) is 2. The molecule has 2 aliphatic rings. The first-order valence-corrected chi connectivity index (χ1v) is 15.2. The monoisotopic (exact) mass is 612 g/mol. The second-order valence-electron chi connectivity index (χ2n) is 13.2. The minimum atomic E-state index is -3.04. The van der Waals surface area contributed by atoms with Gasteiger partial charge in [-0.1, -0.05) is 30.3 Å². The third kappa shape index (κ3) is 7.38. The fraction of sp³-hybridized carbons (Fsp3) is 0.515. The van der Waals surface area contributed by atoms with Crippen molar-refractivity contribution in [1.82, 2.24) is 19.8 Å². The summed E-state index contributed by atoms with van der Waals surface area (Å²) in [7, 11) is 2.08. The second kappa shape index (κ2) is 12.8. The number of nitrogens with one attached hydrogen (secondary N) is 1. The fourth-order valence-corrected chi connectivity index (χ4v) is 6.58. The Kier molecular flexibility index (Phi) is 9.27. The van der Waals surface area contributed by atoms with E-state index in [1.54, 1.807) is 12.1 Å². The average molecular weight is 613 g/mol. The van der Waals surface area contributed by atoms with Crippen molar-refractivity contribution in [3.05, 3.63) is 65.6 Å². The number of anilines is 3. The van der Waals surface area contributed by atoms with E-state index in [0.717, 1.165) is 32.5 Å². The molecule has 0 spiro atoms. The SMILES string of the molecule is CN1C(C)(C)CC(c2nc(Nc3ccc(OC4CCN(Cc5ccccc5)CC4)c(OC(F)F)c3)nc(N)c2F)CC1(C)C. The molecule has 0 atom stereocenters. The van der Waals surface area contributed by atoms with Gasteiger partial charge in [0.05, 0.1) is 5.69 Å². The van der Waals surface area contributed by atoms with Crippen molar-refractivity contribution >= 4 is 17.5 Å². The lowest BCUT2D eigenvalue weighted by Gasteiger charge is -2.53. The number of halogens is 3. The highest BCUT2D eigenvalue weighted by Crippen LogP contribution is 2.45. The lowest BCUT2D eigenvalue weighted by molar-refractivity contribution is -0.0524. The topological polar surface area (TPSA) is 88.8 Å². The van der Waals surface area contributed by atoms with E-state index in [1.165, 1.54) is 11.6 Å². The molecule has 2 aromatic carbocycles. The number of nitrogen functional groups attached to an aromatic ring is 1. The van der Waals surface area contributed by atoms with E-state index in [4.69, 9.17) is 15.2 Å². The summed E-state index contributed by atoms with van der Waals surface area (Å²) >= 11 is 0. The number of hydrogen-bond acceptors (Lipinski definition) is 8. The summed E-state index contributed by atoms with van der Waals surface area (Å²) in [6.45, 7) is 8.01. The van der Waals surface area contributed by atoms with Crippen LogP contribution in [0.5, 0.6) is 11.5 Å². The Morgan fingerprint density at radius 3 is 2.27 bits per heavy atom. The number of benzene rings is 2. The molecular formula is C33H43F3N6O2. The van der Waals surface area contributed by atoms with Crippen LogP contribution in [0.4, 0.5) is 30.6 Å². The number of aromatic nitrogens is 2. The molecule has 3 heterocycles. The third-order valence-electron chi connectivity index (χ3n) is 9.09. The standard InChI is InChI=1S/C33H43F3N6O2/c1-32(2)18-22(19-33(3,4)41(32)5)28-27(34)29(37)40-31(39-28)38-23-11-12-25(26(17-23)44-30(35)36)43-24-13-15-42(16-14-24)20-21-9-7-6-8-10-21/h6-12,17,22,24,30H,13-16,18-20H2,1-5H3,(H3,37,38,39,40). The Balaban J connectivity index is 1.30. The van der Waals surface area contributed by atoms with Gasteiger partial charge in [-0.2, -0.15) is 13.8 Å². The Morgan fingerprint density at radius 1 is 0.977 bits per heavy atom. The van der Waals surface area contributed by atoms with Gasteiger partial charge in [-0.25, -0.2) is 9.37 Å². The van der Waals surface area contributed by atoms with Crippen molar-refractivity contribution in [1.29, 1.82) is 0 Å². The van der Waals surface area contributed by atoms with E-state index >= 15 is 4.39 Å². The normalized spacial score (nSPS) is 19.7. The van der Waals surface area contributed by atoms with Crippen LogP contribution in [0.1, 0.15) is 70.6 Å². The highest BCUT2D eigenvalue weighted by molar-refractivity contribution is 5.61. The summed E-state index contributed by atoms with van der Waals surface area (Å²) in [6, 6.07) is 14.9. The molecule has 0 bridgehead atoms. The van der Waals surface area contributed by atoms with Crippen LogP contribution in [0.25, 0.3) is 0 Å². The van der Waals surface area contributed by atoms with E-state index in [9.17, 15) is 8.78 Å². The van der Waals surface area contributed by atoms with Gasteiger partial charge < -0.3 is 20.5 Å². The predicted molar refractivity (Wildman–Crippen MR) is 166 cm³/mol. The lowest BCUT2D eigenvalue weighted by Crippen LogP contribution is -2.58. The van der Waals surface area contributed by atoms with Crippen molar-refractivity contribution in [3.63, 3.8) is 0 Å². The average Bonchev–Trinajstić information content (AvgIpc) is 2.96. The van der Waals surface area contributed by atoms with Crippen molar-refractivity contribution < 1.29 is 22.6 Å². The smallest absolute Gasteiger partial charge is 0.387 e. The first-order valence-electron chi connectivity index (χ1n) is 15.2. The number of piperidine rings is 2. The number of nitrogens with zero attached hydrogens (tertiary/aromatic N) is 4. The minimum Gasteiger partial charge on any atom is -0.486 e. The molecule has 1 aromatic heterocycles. The fourth-order valence-electron chi connectivity index (χ4n) is 6.58. The van der Waals surface area contributed by atoms with Gasteiger partial charge in [0.2, 0.25) is 5.95 Å². The molecule has 3 aromatic rings. The van der Waals surface area contributed by atoms with E-state index < -0.39 is 12.4 Å². The number of ether oxygens (including phenoxy) is 2. The summed E-state index contributed by atoms with van der Waals surface area (Å²) in [6.07, 6.45) is 2.76. The minimum absolute atomic E-state index is 0.0795. The summed E-state index contributed by atoms with van der Waals surface area (Å²) in [5.74, 6) is -0.878. The van der Waals surface area contributed by atoms with Gasteiger partial charge >= 0.3 is 6.61 Å². The molecule has 44 heavy (non-hydrogen) atoms. The number of hydrogen-bond donors (Lipinski definition) is 2. The summed E-state index contributed by atoms with van der Waals surface area (Å²) in [5, 5.41) is 3.01. The van der Waals surface area contributed by atoms with Crippen molar-refractivity contribution in [3.8, 4) is 11.5 Å². The van der Waals surface area contributed by atoms with Crippen molar-refractivity contribution in [2.45, 2.75) is 89.6 Å². The molecule has 2 aliphatic heterocycles. The van der Waals surface area contributed by atoms with Crippen LogP contribution in [0.3, 0.4) is 0 Å². The van der Waals surface area contributed by atoms with Crippen LogP contribution in [-0.2, 0) is 6.54 Å².